The lowest BCUT2D eigenvalue weighted by Gasteiger charge is -2.13. The Kier molecular flexibility index (Phi) is 4.11. The fourth-order valence-corrected chi connectivity index (χ4v) is 3.76. The van der Waals surface area contributed by atoms with Crippen molar-refractivity contribution in [2.75, 3.05) is 6.61 Å². The van der Waals surface area contributed by atoms with Crippen molar-refractivity contribution >= 4 is 11.0 Å². The monoisotopic (exact) mass is 431 g/mol. The third-order valence-electron chi connectivity index (χ3n) is 5.05. The molecule has 158 valence electrons. The first-order valence-corrected chi connectivity index (χ1v) is 9.17. The van der Waals surface area contributed by atoms with Crippen LogP contribution in [0.25, 0.3) is 28.2 Å². The smallest absolute Gasteiger partial charge is 0.416 e. The summed E-state index contributed by atoms with van der Waals surface area (Å²) >= 11 is 0. The molecular formula is C20H13F4N5O2. The number of aromatic hydroxyl groups is 1. The number of halogens is 4. The van der Waals surface area contributed by atoms with Crippen molar-refractivity contribution in [2.45, 2.75) is 19.5 Å². The summed E-state index contributed by atoms with van der Waals surface area (Å²) in [4.78, 5) is 7.99. The summed E-state index contributed by atoms with van der Waals surface area (Å²) in [6, 6.07) is 3.19. The topological polar surface area (TPSA) is 86.0 Å². The third kappa shape index (κ3) is 3.04. The zero-order chi connectivity index (χ0) is 21.9. The molecule has 0 saturated carbocycles. The van der Waals surface area contributed by atoms with E-state index in [9.17, 15) is 22.7 Å². The summed E-state index contributed by atoms with van der Waals surface area (Å²) in [5.74, 6) is -0.438. The Morgan fingerprint density at radius 2 is 1.84 bits per heavy atom. The lowest BCUT2D eigenvalue weighted by molar-refractivity contribution is -0.137. The molecule has 11 heteroatoms. The second kappa shape index (κ2) is 6.62. The van der Waals surface area contributed by atoms with Crippen molar-refractivity contribution in [2.24, 2.45) is 0 Å². The molecule has 0 unspecified atom stereocenters. The van der Waals surface area contributed by atoms with E-state index in [1.165, 1.54) is 6.92 Å². The normalized spacial score (nSPS) is 13.5. The van der Waals surface area contributed by atoms with E-state index in [0.717, 1.165) is 24.2 Å². The van der Waals surface area contributed by atoms with Gasteiger partial charge in [-0.05, 0) is 30.7 Å². The van der Waals surface area contributed by atoms with Gasteiger partial charge in [-0.25, -0.2) is 14.4 Å². The molecule has 1 N–H and O–H groups in total. The van der Waals surface area contributed by atoms with E-state index in [4.69, 9.17) is 4.74 Å². The van der Waals surface area contributed by atoms with Gasteiger partial charge in [0.25, 0.3) is 0 Å². The molecule has 0 radical (unpaired) electrons. The summed E-state index contributed by atoms with van der Waals surface area (Å²) < 4.78 is 59.7. The zero-order valence-electron chi connectivity index (χ0n) is 15.9. The summed E-state index contributed by atoms with van der Waals surface area (Å²) in [6.45, 7) is 1.86. The number of phenolic OH excluding ortho intramolecular Hbond substituents is 1. The molecule has 0 fully saturated rings. The van der Waals surface area contributed by atoms with Gasteiger partial charge in [-0.1, -0.05) is 0 Å². The zero-order valence-corrected chi connectivity index (χ0v) is 15.9. The molecule has 0 saturated heterocycles. The van der Waals surface area contributed by atoms with Crippen LogP contribution in [0.3, 0.4) is 0 Å². The van der Waals surface area contributed by atoms with E-state index in [0.29, 0.717) is 35.9 Å². The molecule has 5 rings (SSSR count). The van der Waals surface area contributed by atoms with Crippen molar-refractivity contribution in [1.82, 2.24) is 24.7 Å². The number of alkyl halides is 3. The molecule has 7 nitrogen and oxygen atoms in total. The van der Waals surface area contributed by atoms with Gasteiger partial charge in [-0.3, -0.25) is 4.57 Å². The Hall–Kier alpha value is -3.76. The van der Waals surface area contributed by atoms with E-state index in [2.05, 4.69) is 20.2 Å². The number of benzene rings is 1. The number of phenols is 1. The minimum Gasteiger partial charge on any atom is -0.507 e. The minimum atomic E-state index is -4.59. The molecule has 4 aromatic rings. The van der Waals surface area contributed by atoms with Crippen LogP contribution in [0.15, 0.2) is 30.6 Å². The van der Waals surface area contributed by atoms with Gasteiger partial charge < -0.3 is 9.84 Å². The second-order valence-electron chi connectivity index (χ2n) is 7.06. The van der Waals surface area contributed by atoms with E-state index in [-0.39, 0.29) is 22.8 Å². The third-order valence-corrected chi connectivity index (χ3v) is 5.05. The number of aromatic nitrogens is 5. The summed E-state index contributed by atoms with van der Waals surface area (Å²) in [6.07, 6.45) is -1.99. The first kappa shape index (κ1) is 19.2. The summed E-state index contributed by atoms with van der Waals surface area (Å²) in [5, 5.41) is 19.1. The number of ether oxygens (including phenoxy) is 1. The highest BCUT2D eigenvalue weighted by atomic mass is 19.4. The maximum absolute atomic E-state index is 13.3. The summed E-state index contributed by atoms with van der Waals surface area (Å²) in [7, 11) is 0. The molecule has 0 spiro atoms. The van der Waals surface area contributed by atoms with E-state index in [1.54, 1.807) is 10.6 Å². The number of hydrogen-bond acceptors (Lipinski definition) is 6. The fourth-order valence-electron chi connectivity index (χ4n) is 3.76. The van der Waals surface area contributed by atoms with Gasteiger partial charge in [0, 0.05) is 12.0 Å². The van der Waals surface area contributed by atoms with Crippen LogP contribution in [-0.2, 0) is 12.6 Å². The lowest BCUT2D eigenvalue weighted by atomic mass is 10.00. The van der Waals surface area contributed by atoms with Gasteiger partial charge in [0.1, 0.15) is 5.75 Å². The Morgan fingerprint density at radius 3 is 2.52 bits per heavy atom. The number of rotatable bonds is 2. The Labute approximate surface area is 172 Å². The Balaban J connectivity index is 1.70. The second-order valence-corrected chi connectivity index (χ2v) is 7.06. The minimum absolute atomic E-state index is 0.139. The number of aryl methyl sites for hydroxylation is 1. The SMILES string of the molecule is Cc1cc(C(F)(F)F)cc(O)c1-c1cc2c3c(n(-c4ncc(F)cn4)c2nn1)CCO3. The highest BCUT2D eigenvalue weighted by Crippen LogP contribution is 2.42. The molecule has 1 aliphatic rings. The molecule has 4 heterocycles. The first-order valence-electron chi connectivity index (χ1n) is 9.17. The molecule has 0 bridgehead atoms. The van der Waals surface area contributed by atoms with Gasteiger partial charge in [-0.2, -0.15) is 13.2 Å². The predicted molar refractivity (Wildman–Crippen MR) is 100 cm³/mol. The van der Waals surface area contributed by atoms with Crippen LogP contribution in [0.2, 0.25) is 0 Å². The quantitative estimate of drug-likeness (QED) is 0.483. The standard InChI is InChI=1S/C20H13F4N5O2/c1-9-4-10(20(22,23)24)5-15(30)16(9)13-6-12-17-14(2-3-31-17)29(18(12)28-27-13)19-25-7-11(21)8-26-19/h4-8,30H,2-3H2,1H3. The molecule has 3 aromatic heterocycles. The van der Waals surface area contributed by atoms with Crippen LogP contribution >= 0.6 is 0 Å². The highest BCUT2D eigenvalue weighted by molar-refractivity contribution is 5.90. The highest BCUT2D eigenvalue weighted by Gasteiger charge is 2.33. The average Bonchev–Trinajstić information content (AvgIpc) is 3.28. The molecule has 0 amide bonds. The van der Waals surface area contributed by atoms with Crippen LogP contribution in [0.1, 0.15) is 16.8 Å². The van der Waals surface area contributed by atoms with Crippen molar-refractivity contribution in [3.63, 3.8) is 0 Å². The van der Waals surface area contributed by atoms with Crippen LogP contribution in [0.4, 0.5) is 17.6 Å². The van der Waals surface area contributed by atoms with Crippen molar-refractivity contribution in [3.05, 3.63) is 53.2 Å². The van der Waals surface area contributed by atoms with Crippen LogP contribution in [-0.4, -0.2) is 36.4 Å². The molecule has 0 atom stereocenters. The van der Waals surface area contributed by atoms with E-state index < -0.39 is 23.3 Å². The molecule has 0 aliphatic carbocycles. The maximum atomic E-state index is 13.3. The summed E-state index contributed by atoms with van der Waals surface area (Å²) in [5.41, 5.74) is 0.640. The first-order chi connectivity index (χ1) is 14.7. The number of fused-ring (bicyclic) bond motifs is 3. The predicted octanol–water partition coefficient (Wildman–Crippen LogP) is 3.98. The number of nitrogens with zero attached hydrogens (tertiary/aromatic N) is 5. The Bertz CT molecular complexity index is 1310. The molecule has 31 heavy (non-hydrogen) atoms. The average molecular weight is 431 g/mol. The fraction of sp³-hybridized carbons (Fsp3) is 0.200. The maximum Gasteiger partial charge on any atom is 0.416 e. The number of hydrogen-bond donors (Lipinski definition) is 1. The van der Waals surface area contributed by atoms with Crippen molar-refractivity contribution in [1.29, 1.82) is 0 Å². The Morgan fingerprint density at radius 1 is 1.10 bits per heavy atom. The van der Waals surface area contributed by atoms with Gasteiger partial charge in [-0.15, -0.1) is 10.2 Å². The molecule has 1 aromatic carbocycles. The van der Waals surface area contributed by atoms with Gasteiger partial charge in [0.05, 0.1) is 41.3 Å². The van der Waals surface area contributed by atoms with Crippen molar-refractivity contribution < 1.29 is 27.4 Å². The van der Waals surface area contributed by atoms with Gasteiger partial charge in [0.2, 0.25) is 5.95 Å². The van der Waals surface area contributed by atoms with Crippen LogP contribution in [0.5, 0.6) is 11.5 Å². The van der Waals surface area contributed by atoms with Crippen LogP contribution in [0, 0.1) is 12.7 Å². The lowest BCUT2D eigenvalue weighted by Crippen LogP contribution is -2.07. The van der Waals surface area contributed by atoms with E-state index in [1.807, 2.05) is 0 Å². The van der Waals surface area contributed by atoms with E-state index >= 15 is 0 Å². The van der Waals surface area contributed by atoms with Crippen LogP contribution < -0.4 is 4.74 Å². The van der Waals surface area contributed by atoms with Crippen molar-refractivity contribution in [3.8, 4) is 28.7 Å². The molecule has 1 aliphatic heterocycles. The largest absolute Gasteiger partial charge is 0.507 e. The molecular weight excluding hydrogens is 418 g/mol. The van der Waals surface area contributed by atoms with Gasteiger partial charge in [0.15, 0.2) is 17.2 Å². The van der Waals surface area contributed by atoms with Gasteiger partial charge >= 0.3 is 6.18 Å².